The maximum atomic E-state index is 13.5. The van der Waals surface area contributed by atoms with E-state index in [2.05, 4.69) is 40.5 Å². The first-order valence-electron chi connectivity index (χ1n) is 8.97. The fourth-order valence-corrected chi connectivity index (χ4v) is 3.09. The minimum absolute atomic E-state index is 0.00218. The van der Waals surface area contributed by atoms with Gasteiger partial charge in [0.2, 0.25) is 5.88 Å². The quantitative estimate of drug-likeness (QED) is 0.480. The Kier molecular flexibility index (Phi) is 5.78. The third-order valence-corrected chi connectivity index (χ3v) is 4.27. The molecule has 0 spiro atoms. The second-order valence-electron chi connectivity index (χ2n) is 6.94. The molecule has 7 heteroatoms. The maximum Gasteiger partial charge on any atom is 0.250 e. The van der Waals surface area contributed by atoms with E-state index in [0.29, 0.717) is 12.5 Å². The first-order valence-corrected chi connectivity index (χ1v) is 8.97. The van der Waals surface area contributed by atoms with E-state index in [1.807, 2.05) is 18.2 Å². The molecule has 0 fully saturated rings. The lowest BCUT2D eigenvalue weighted by atomic mass is 9.90. The molecular weight excluding hydrogens is 347 g/mol. The van der Waals surface area contributed by atoms with E-state index in [0.717, 1.165) is 17.7 Å². The molecule has 2 N–H and O–H groups in total. The van der Waals surface area contributed by atoms with Crippen molar-refractivity contribution in [3.63, 3.8) is 0 Å². The second-order valence-corrected chi connectivity index (χ2v) is 6.94. The van der Waals surface area contributed by atoms with Crippen LogP contribution in [0.25, 0.3) is 0 Å². The third-order valence-electron chi connectivity index (χ3n) is 4.27. The van der Waals surface area contributed by atoms with Crippen molar-refractivity contribution in [1.29, 1.82) is 0 Å². The SMILES string of the molecule is CN=C(NCCOc1ncccc1F)NC1CC(C)(C)Oc2ccccc21. The average Bonchev–Trinajstić information content (AvgIpc) is 2.64. The molecule has 144 valence electrons. The molecule has 2 heterocycles. The van der Waals surface area contributed by atoms with Crippen molar-refractivity contribution < 1.29 is 13.9 Å². The molecule has 1 atom stereocenters. The lowest BCUT2D eigenvalue weighted by molar-refractivity contribution is 0.0694. The molecule has 1 aromatic carbocycles. The second kappa shape index (κ2) is 8.24. The van der Waals surface area contributed by atoms with Crippen LogP contribution in [-0.4, -0.2) is 36.7 Å². The molecule has 3 rings (SSSR count). The van der Waals surface area contributed by atoms with Crippen LogP contribution in [0.4, 0.5) is 4.39 Å². The van der Waals surface area contributed by atoms with Gasteiger partial charge in [0.25, 0.3) is 0 Å². The Hall–Kier alpha value is -2.83. The molecule has 2 aromatic rings. The Bertz CT molecular complexity index is 810. The zero-order chi connectivity index (χ0) is 19.3. The summed E-state index contributed by atoms with van der Waals surface area (Å²) in [4.78, 5) is 8.14. The number of nitrogens with one attached hydrogen (secondary N) is 2. The van der Waals surface area contributed by atoms with Crippen LogP contribution in [0.2, 0.25) is 0 Å². The van der Waals surface area contributed by atoms with E-state index in [1.54, 1.807) is 7.05 Å². The van der Waals surface area contributed by atoms with E-state index >= 15 is 0 Å². The number of aromatic nitrogens is 1. The standard InChI is InChI=1S/C20H25FN4O2/c1-20(2)13-16(14-7-4-5-9-17(14)27-20)25-19(22-3)24-11-12-26-18-15(21)8-6-10-23-18/h4-10,16H,11-13H2,1-3H3,(H2,22,24,25). The highest BCUT2D eigenvalue weighted by Crippen LogP contribution is 2.39. The van der Waals surface area contributed by atoms with Gasteiger partial charge in [-0.25, -0.2) is 9.37 Å². The lowest BCUT2D eigenvalue weighted by Gasteiger charge is -2.38. The van der Waals surface area contributed by atoms with Crippen LogP contribution in [0.3, 0.4) is 0 Å². The first kappa shape index (κ1) is 18.9. The summed E-state index contributed by atoms with van der Waals surface area (Å²) < 4.78 is 24.9. The molecule has 6 nitrogen and oxygen atoms in total. The van der Waals surface area contributed by atoms with Gasteiger partial charge >= 0.3 is 0 Å². The predicted octanol–water partition coefficient (Wildman–Crippen LogP) is 3.07. The molecule has 1 unspecified atom stereocenters. The van der Waals surface area contributed by atoms with E-state index in [4.69, 9.17) is 9.47 Å². The van der Waals surface area contributed by atoms with Gasteiger partial charge in [-0.3, -0.25) is 4.99 Å². The average molecular weight is 372 g/mol. The Labute approximate surface area is 158 Å². The molecule has 0 saturated carbocycles. The number of nitrogens with zero attached hydrogens (tertiary/aromatic N) is 2. The number of benzene rings is 1. The van der Waals surface area contributed by atoms with Gasteiger partial charge < -0.3 is 20.1 Å². The van der Waals surface area contributed by atoms with Crippen molar-refractivity contribution in [2.45, 2.75) is 31.9 Å². The molecular formula is C20H25FN4O2. The van der Waals surface area contributed by atoms with Crippen LogP contribution in [0.1, 0.15) is 31.9 Å². The number of hydrogen-bond acceptors (Lipinski definition) is 4. The van der Waals surface area contributed by atoms with E-state index in [1.165, 1.54) is 18.3 Å². The summed E-state index contributed by atoms with van der Waals surface area (Å²) in [5, 5.41) is 6.63. The Morgan fingerprint density at radius 3 is 2.93 bits per heavy atom. The summed E-state index contributed by atoms with van der Waals surface area (Å²) in [5.74, 6) is 1.07. The van der Waals surface area contributed by atoms with E-state index in [-0.39, 0.29) is 24.1 Å². The number of para-hydroxylation sites is 1. The van der Waals surface area contributed by atoms with Crippen LogP contribution in [0.5, 0.6) is 11.6 Å². The zero-order valence-electron chi connectivity index (χ0n) is 15.8. The smallest absolute Gasteiger partial charge is 0.250 e. The van der Waals surface area contributed by atoms with Crippen molar-refractivity contribution in [2.24, 2.45) is 4.99 Å². The van der Waals surface area contributed by atoms with Gasteiger partial charge in [0.15, 0.2) is 11.8 Å². The summed E-state index contributed by atoms with van der Waals surface area (Å²) in [6.07, 6.45) is 2.30. The molecule has 1 aliphatic rings. The van der Waals surface area contributed by atoms with Crippen LogP contribution in [0, 0.1) is 5.82 Å². The minimum atomic E-state index is -0.471. The number of ether oxygens (including phenoxy) is 2. The molecule has 0 radical (unpaired) electrons. The number of hydrogen-bond donors (Lipinski definition) is 2. The fraction of sp³-hybridized carbons (Fsp3) is 0.400. The summed E-state index contributed by atoms with van der Waals surface area (Å²) >= 11 is 0. The van der Waals surface area contributed by atoms with Crippen LogP contribution in [-0.2, 0) is 0 Å². The van der Waals surface area contributed by atoms with Gasteiger partial charge in [-0.15, -0.1) is 0 Å². The summed E-state index contributed by atoms with van der Waals surface area (Å²) in [6, 6.07) is 10.9. The number of fused-ring (bicyclic) bond motifs is 1. The van der Waals surface area contributed by atoms with Gasteiger partial charge in [-0.05, 0) is 32.0 Å². The molecule has 1 aromatic heterocycles. The highest BCUT2D eigenvalue weighted by Gasteiger charge is 2.33. The topological polar surface area (TPSA) is 67.8 Å². The van der Waals surface area contributed by atoms with E-state index < -0.39 is 5.82 Å². The predicted molar refractivity (Wildman–Crippen MR) is 103 cm³/mol. The van der Waals surface area contributed by atoms with Gasteiger partial charge in [0, 0.05) is 25.2 Å². The van der Waals surface area contributed by atoms with E-state index in [9.17, 15) is 4.39 Å². The molecule has 1 aliphatic heterocycles. The molecule has 0 bridgehead atoms. The summed E-state index contributed by atoms with van der Waals surface area (Å²) in [6.45, 7) is 4.88. The molecule has 0 aliphatic carbocycles. The lowest BCUT2D eigenvalue weighted by Crippen LogP contribution is -2.46. The largest absolute Gasteiger partial charge is 0.487 e. The highest BCUT2D eigenvalue weighted by molar-refractivity contribution is 5.80. The highest BCUT2D eigenvalue weighted by atomic mass is 19.1. The van der Waals surface area contributed by atoms with Gasteiger partial charge in [-0.1, -0.05) is 18.2 Å². The number of aliphatic imine (C=N–C) groups is 1. The number of guanidine groups is 1. The van der Waals surface area contributed by atoms with Crippen LogP contribution < -0.4 is 20.1 Å². The summed E-state index contributed by atoms with van der Waals surface area (Å²) in [5.41, 5.74) is 0.830. The fourth-order valence-electron chi connectivity index (χ4n) is 3.09. The maximum absolute atomic E-state index is 13.5. The number of rotatable bonds is 5. The van der Waals surface area contributed by atoms with Crippen LogP contribution >= 0.6 is 0 Å². The van der Waals surface area contributed by atoms with Gasteiger partial charge in [-0.2, -0.15) is 0 Å². The van der Waals surface area contributed by atoms with Crippen molar-refractivity contribution in [3.8, 4) is 11.6 Å². The Balaban J connectivity index is 1.57. The Morgan fingerprint density at radius 1 is 1.33 bits per heavy atom. The number of halogens is 1. The molecule has 0 saturated heterocycles. The molecule has 0 amide bonds. The third kappa shape index (κ3) is 4.87. The van der Waals surface area contributed by atoms with Crippen molar-refractivity contribution in [2.75, 3.05) is 20.2 Å². The van der Waals surface area contributed by atoms with Crippen molar-refractivity contribution in [3.05, 3.63) is 54.0 Å². The Morgan fingerprint density at radius 2 is 2.15 bits per heavy atom. The normalized spacial score (nSPS) is 18.2. The van der Waals surface area contributed by atoms with Crippen molar-refractivity contribution in [1.82, 2.24) is 15.6 Å². The van der Waals surface area contributed by atoms with Gasteiger partial charge in [0.1, 0.15) is 18.0 Å². The zero-order valence-corrected chi connectivity index (χ0v) is 15.8. The molecule has 27 heavy (non-hydrogen) atoms. The van der Waals surface area contributed by atoms with Crippen molar-refractivity contribution >= 4 is 5.96 Å². The van der Waals surface area contributed by atoms with Gasteiger partial charge in [0.05, 0.1) is 12.6 Å². The van der Waals surface area contributed by atoms with Crippen LogP contribution in [0.15, 0.2) is 47.6 Å². The number of pyridine rings is 1. The monoisotopic (exact) mass is 372 g/mol. The first-order chi connectivity index (χ1) is 13.0. The summed E-state index contributed by atoms with van der Waals surface area (Å²) in [7, 11) is 1.71. The minimum Gasteiger partial charge on any atom is -0.487 e.